The van der Waals surface area contributed by atoms with E-state index in [0.717, 1.165) is 11.3 Å². The van der Waals surface area contributed by atoms with Crippen molar-refractivity contribution in [2.75, 3.05) is 0 Å². The van der Waals surface area contributed by atoms with Crippen LogP contribution in [0.15, 0.2) is 36.5 Å². The Labute approximate surface area is 87.2 Å². The Bertz CT molecular complexity index is 470. The summed E-state index contributed by atoms with van der Waals surface area (Å²) in [5, 5.41) is 19.7. The van der Waals surface area contributed by atoms with Gasteiger partial charge in [0.1, 0.15) is 0 Å². The van der Waals surface area contributed by atoms with Crippen LogP contribution in [-0.4, -0.2) is 15.4 Å². The number of rotatable bonds is 2. The number of hydrogen-bond donors (Lipinski definition) is 0. The van der Waals surface area contributed by atoms with Crippen molar-refractivity contribution in [2.45, 2.75) is 6.42 Å². The van der Waals surface area contributed by atoms with Gasteiger partial charge in [-0.3, -0.25) is 0 Å². The van der Waals surface area contributed by atoms with Gasteiger partial charge in [0, 0.05) is 6.42 Å². The molecule has 0 aliphatic carbocycles. The van der Waals surface area contributed by atoms with Crippen LogP contribution in [0.25, 0.3) is 0 Å². The third-order valence-electron chi connectivity index (χ3n) is 2.03. The first kappa shape index (κ1) is 9.28. The fourth-order valence-corrected chi connectivity index (χ4v) is 1.27. The van der Waals surface area contributed by atoms with Crippen LogP contribution in [0.3, 0.4) is 0 Å². The van der Waals surface area contributed by atoms with Crippen LogP contribution in [0.4, 0.5) is 0 Å². The van der Waals surface area contributed by atoms with Crippen molar-refractivity contribution < 1.29 is 0 Å². The third kappa shape index (κ3) is 2.35. The Morgan fingerprint density at radius 3 is 2.53 bits per heavy atom. The van der Waals surface area contributed by atoms with Crippen LogP contribution < -0.4 is 0 Å². The molecule has 1 heterocycles. The molecule has 0 atom stereocenters. The fourth-order valence-electron chi connectivity index (χ4n) is 1.27. The van der Waals surface area contributed by atoms with Gasteiger partial charge in [-0.2, -0.15) is 5.26 Å². The summed E-state index contributed by atoms with van der Waals surface area (Å²) >= 11 is 0. The maximum atomic E-state index is 8.64. The Morgan fingerprint density at radius 1 is 1.13 bits per heavy atom. The Hall–Kier alpha value is -2.28. The predicted molar refractivity (Wildman–Crippen MR) is 53.8 cm³/mol. The largest absolute Gasteiger partial charge is 0.192 e. The number of benzene rings is 1. The molecule has 0 saturated carbocycles. The van der Waals surface area contributed by atoms with Gasteiger partial charge in [-0.25, -0.2) is 0 Å². The van der Waals surface area contributed by atoms with Crippen molar-refractivity contribution in [1.29, 1.82) is 5.26 Å². The van der Waals surface area contributed by atoms with E-state index >= 15 is 0 Å². The van der Waals surface area contributed by atoms with E-state index in [-0.39, 0.29) is 0 Å². The van der Waals surface area contributed by atoms with Crippen LogP contribution in [0.1, 0.15) is 16.8 Å². The van der Waals surface area contributed by atoms with Crippen molar-refractivity contribution in [3.8, 4) is 6.07 Å². The summed E-state index contributed by atoms with van der Waals surface area (Å²) in [6.07, 6.45) is 2.33. The summed E-state index contributed by atoms with van der Waals surface area (Å²) in [6, 6.07) is 11.3. The van der Waals surface area contributed by atoms with Crippen molar-refractivity contribution in [2.24, 2.45) is 0 Å². The van der Waals surface area contributed by atoms with E-state index < -0.39 is 0 Å². The molecule has 0 aliphatic heterocycles. The molecule has 0 fully saturated rings. The van der Waals surface area contributed by atoms with Gasteiger partial charge in [0.25, 0.3) is 0 Å². The molecule has 72 valence electrons. The van der Waals surface area contributed by atoms with Crippen molar-refractivity contribution >= 4 is 0 Å². The molecule has 0 unspecified atom stereocenters. The van der Waals surface area contributed by atoms with E-state index in [1.807, 2.05) is 18.2 Å². The lowest BCUT2D eigenvalue weighted by molar-refractivity contribution is 0.820. The lowest BCUT2D eigenvalue weighted by Crippen LogP contribution is -1.95. The summed E-state index contributed by atoms with van der Waals surface area (Å²) in [7, 11) is 0. The molecule has 0 spiro atoms. The normalized spacial score (nSPS) is 9.53. The quantitative estimate of drug-likeness (QED) is 0.727. The lowest BCUT2D eigenvalue weighted by Gasteiger charge is -1.99. The molecule has 4 nitrogen and oxygen atoms in total. The molecule has 0 saturated heterocycles. The van der Waals surface area contributed by atoms with Crippen molar-refractivity contribution in [1.82, 2.24) is 15.4 Å². The molecule has 0 aliphatic rings. The zero-order chi connectivity index (χ0) is 10.5. The molecule has 1 aromatic carbocycles. The van der Waals surface area contributed by atoms with Crippen LogP contribution in [0.2, 0.25) is 0 Å². The highest BCUT2D eigenvalue weighted by molar-refractivity contribution is 5.32. The zero-order valence-electron chi connectivity index (χ0n) is 7.96. The zero-order valence-corrected chi connectivity index (χ0v) is 7.96. The highest BCUT2D eigenvalue weighted by Crippen LogP contribution is 2.07. The highest BCUT2D eigenvalue weighted by atomic mass is 15.3. The average molecular weight is 196 g/mol. The molecule has 0 bridgehead atoms. The van der Waals surface area contributed by atoms with Crippen LogP contribution in [0, 0.1) is 11.3 Å². The number of aromatic nitrogens is 3. The van der Waals surface area contributed by atoms with Crippen molar-refractivity contribution in [3.05, 3.63) is 53.3 Å². The van der Waals surface area contributed by atoms with Crippen LogP contribution in [-0.2, 0) is 6.42 Å². The molecule has 15 heavy (non-hydrogen) atoms. The minimum Gasteiger partial charge on any atom is -0.192 e. The first-order valence-corrected chi connectivity index (χ1v) is 4.51. The minimum atomic E-state index is 0.666. The Balaban J connectivity index is 2.16. The number of nitrogens with zero attached hydrogens (tertiary/aromatic N) is 4. The van der Waals surface area contributed by atoms with E-state index in [2.05, 4.69) is 21.5 Å². The standard InChI is InChI=1S/C11H8N4/c12-8-10-3-1-9(2-4-10)7-11-5-6-13-15-14-11/h1-6H,7H2. The van der Waals surface area contributed by atoms with Gasteiger partial charge in [0.2, 0.25) is 0 Å². The second-order valence-electron chi connectivity index (χ2n) is 3.10. The number of hydrogen-bond acceptors (Lipinski definition) is 4. The molecule has 1 aromatic heterocycles. The first-order chi connectivity index (χ1) is 7.38. The Kier molecular flexibility index (Phi) is 2.65. The van der Waals surface area contributed by atoms with E-state index in [4.69, 9.17) is 5.26 Å². The molecule has 4 heteroatoms. The maximum Gasteiger partial charge on any atom is 0.0991 e. The molecule has 0 amide bonds. The monoisotopic (exact) mass is 196 g/mol. The van der Waals surface area contributed by atoms with Gasteiger partial charge >= 0.3 is 0 Å². The summed E-state index contributed by atoms with van der Waals surface area (Å²) in [6.45, 7) is 0. The SMILES string of the molecule is N#Cc1ccc(Cc2ccnnn2)cc1. The molecule has 2 aromatic rings. The summed E-state index contributed by atoms with van der Waals surface area (Å²) in [4.78, 5) is 0. The lowest BCUT2D eigenvalue weighted by atomic mass is 10.1. The number of nitriles is 1. The third-order valence-corrected chi connectivity index (χ3v) is 2.03. The van der Waals surface area contributed by atoms with E-state index in [1.54, 1.807) is 18.3 Å². The fraction of sp³-hybridized carbons (Fsp3) is 0.0909. The topological polar surface area (TPSA) is 62.5 Å². The van der Waals surface area contributed by atoms with E-state index in [1.165, 1.54) is 0 Å². The van der Waals surface area contributed by atoms with Gasteiger partial charge in [-0.05, 0) is 29.0 Å². The summed E-state index contributed by atoms with van der Waals surface area (Å²) in [5.74, 6) is 0. The predicted octanol–water partition coefficient (Wildman–Crippen LogP) is 1.33. The van der Waals surface area contributed by atoms with Crippen LogP contribution in [0.5, 0.6) is 0 Å². The summed E-state index contributed by atoms with van der Waals surface area (Å²) < 4.78 is 0. The maximum absolute atomic E-state index is 8.64. The van der Waals surface area contributed by atoms with Gasteiger partial charge in [0.05, 0.1) is 23.5 Å². The molecular formula is C11H8N4. The van der Waals surface area contributed by atoms with Gasteiger partial charge < -0.3 is 0 Å². The smallest absolute Gasteiger partial charge is 0.0991 e. The minimum absolute atomic E-state index is 0.666. The Morgan fingerprint density at radius 2 is 1.93 bits per heavy atom. The van der Waals surface area contributed by atoms with Gasteiger partial charge in [-0.1, -0.05) is 12.1 Å². The molecule has 0 N–H and O–H groups in total. The van der Waals surface area contributed by atoms with Gasteiger partial charge in [-0.15, -0.1) is 10.2 Å². The van der Waals surface area contributed by atoms with Crippen LogP contribution >= 0.6 is 0 Å². The molecule has 0 radical (unpaired) electrons. The van der Waals surface area contributed by atoms with Crippen molar-refractivity contribution in [3.63, 3.8) is 0 Å². The highest BCUT2D eigenvalue weighted by Gasteiger charge is 1.97. The van der Waals surface area contributed by atoms with Gasteiger partial charge in [0.15, 0.2) is 0 Å². The first-order valence-electron chi connectivity index (χ1n) is 4.51. The summed E-state index contributed by atoms with van der Waals surface area (Å²) in [5.41, 5.74) is 2.64. The average Bonchev–Trinajstić information content (AvgIpc) is 2.31. The second-order valence-corrected chi connectivity index (χ2v) is 3.10. The van der Waals surface area contributed by atoms with E-state index in [9.17, 15) is 0 Å². The molecule has 2 rings (SSSR count). The van der Waals surface area contributed by atoms with E-state index in [0.29, 0.717) is 12.0 Å². The molecular weight excluding hydrogens is 188 g/mol. The second kappa shape index (κ2) is 4.29.